The number of allylic oxidation sites excluding steroid dienone is 1. The molecule has 150 valence electrons. The van der Waals surface area contributed by atoms with Crippen LogP contribution in [0.4, 0.5) is 0 Å². The van der Waals surface area contributed by atoms with Crippen molar-refractivity contribution in [2.75, 3.05) is 13.2 Å². The van der Waals surface area contributed by atoms with Gasteiger partial charge in [-0.05, 0) is 45.5 Å². The summed E-state index contributed by atoms with van der Waals surface area (Å²) in [6, 6.07) is 0. The monoisotopic (exact) mass is 388 g/mol. The van der Waals surface area contributed by atoms with E-state index in [0.717, 1.165) is 13.0 Å². The molecule has 0 aliphatic rings. The molecule has 0 saturated carbocycles. The van der Waals surface area contributed by atoms with Gasteiger partial charge in [-0.2, -0.15) is 0 Å². The highest BCUT2D eigenvalue weighted by Crippen LogP contribution is 2.17. The zero-order valence-electron chi connectivity index (χ0n) is 17.9. The number of unbranched alkanes of at least 4 members (excludes halogenated alkanes) is 8. The molecule has 0 unspecified atom stereocenters. The Morgan fingerprint density at radius 1 is 0.640 bits per heavy atom. The van der Waals surface area contributed by atoms with Gasteiger partial charge in [0, 0.05) is 6.61 Å². The van der Waals surface area contributed by atoms with Crippen molar-refractivity contribution < 1.29 is 13.0 Å². The molecule has 0 heterocycles. The lowest BCUT2D eigenvalue weighted by Gasteiger charge is -2.32. The van der Waals surface area contributed by atoms with Gasteiger partial charge in [-0.25, -0.2) is 0 Å². The van der Waals surface area contributed by atoms with Crippen LogP contribution < -0.4 is 0 Å². The van der Waals surface area contributed by atoms with E-state index >= 15 is 0 Å². The lowest BCUT2D eigenvalue weighted by atomic mass is 10.1. The maximum atomic E-state index is 6.29. The first-order chi connectivity index (χ1) is 11.8. The van der Waals surface area contributed by atoms with Gasteiger partial charge in [0.2, 0.25) is 0 Å². The number of hydrogen-bond acceptors (Lipinski definition) is 3. The van der Waals surface area contributed by atoms with Crippen LogP contribution in [0.5, 0.6) is 0 Å². The average Bonchev–Trinajstić information content (AvgIpc) is 2.52. The molecule has 0 aliphatic carbocycles. The van der Waals surface area contributed by atoms with Crippen LogP contribution in [0, 0.1) is 0 Å². The van der Waals surface area contributed by atoms with Crippen molar-refractivity contribution in [3.63, 3.8) is 0 Å². The fourth-order valence-electron chi connectivity index (χ4n) is 2.80. The Kier molecular flexibility index (Phi) is 15.2. The highest BCUT2D eigenvalue weighted by Gasteiger charge is 2.36. The van der Waals surface area contributed by atoms with E-state index in [0.29, 0.717) is 6.61 Å². The van der Waals surface area contributed by atoms with Crippen molar-refractivity contribution in [3.8, 4) is 0 Å². The van der Waals surface area contributed by atoms with Crippen LogP contribution in [-0.2, 0) is 13.0 Å². The van der Waals surface area contributed by atoms with Gasteiger partial charge in [0.15, 0.2) is 0 Å². The highest BCUT2D eigenvalue weighted by atomic mass is 28.5. The van der Waals surface area contributed by atoms with Gasteiger partial charge in [0.05, 0.1) is 6.61 Å². The largest absolute Gasteiger partial charge is 0.415 e. The quantitative estimate of drug-likeness (QED) is 0.153. The summed E-state index contributed by atoms with van der Waals surface area (Å²) in [5.74, 6) is 0. The van der Waals surface area contributed by atoms with Crippen LogP contribution in [-0.4, -0.2) is 30.3 Å². The van der Waals surface area contributed by atoms with E-state index in [9.17, 15) is 0 Å². The third-order valence-corrected chi connectivity index (χ3v) is 9.80. The fourth-order valence-corrected chi connectivity index (χ4v) is 9.14. The molecule has 25 heavy (non-hydrogen) atoms. The Hall–Kier alpha value is 0.0538. The van der Waals surface area contributed by atoms with Gasteiger partial charge in [-0.3, -0.25) is 0 Å². The van der Waals surface area contributed by atoms with Crippen LogP contribution in [0.25, 0.3) is 0 Å². The molecule has 0 N–H and O–H groups in total. The summed E-state index contributed by atoms with van der Waals surface area (Å²) in [6.07, 6.45) is 17.3. The highest BCUT2D eigenvalue weighted by molar-refractivity contribution is 6.78. The van der Waals surface area contributed by atoms with Gasteiger partial charge < -0.3 is 13.0 Å². The minimum absolute atomic E-state index is 0.662. The summed E-state index contributed by atoms with van der Waals surface area (Å²) in [7, 11) is -4.19. The maximum absolute atomic E-state index is 6.29. The average molecular weight is 389 g/mol. The van der Waals surface area contributed by atoms with Gasteiger partial charge in [-0.1, -0.05) is 70.9 Å². The number of rotatable bonds is 17. The van der Waals surface area contributed by atoms with Crippen LogP contribution in [0.2, 0.25) is 26.2 Å². The van der Waals surface area contributed by atoms with Crippen LogP contribution >= 0.6 is 0 Å². The molecule has 0 radical (unpaired) electrons. The smallest absolute Gasteiger partial charge is 0.323 e. The molecule has 0 amide bonds. The molecule has 0 aliphatic heterocycles. The third-order valence-electron chi connectivity index (χ3n) is 4.11. The van der Waals surface area contributed by atoms with Crippen molar-refractivity contribution in [2.24, 2.45) is 0 Å². The Morgan fingerprint density at radius 3 is 1.88 bits per heavy atom. The van der Waals surface area contributed by atoms with Crippen LogP contribution in [0.15, 0.2) is 12.2 Å². The molecule has 5 heteroatoms. The normalized spacial score (nSPS) is 13.0. The summed E-state index contributed by atoms with van der Waals surface area (Å²) < 4.78 is 18.3. The van der Waals surface area contributed by atoms with E-state index < -0.39 is 17.1 Å². The van der Waals surface area contributed by atoms with E-state index in [1.165, 1.54) is 57.8 Å². The van der Waals surface area contributed by atoms with E-state index in [4.69, 9.17) is 13.0 Å². The first kappa shape index (κ1) is 25.1. The first-order valence-corrected chi connectivity index (χ1v) is 16.1. The molecule has 0 bridgehead atoms. The summed E-state index contributed by atoms with van der Waals surface area (Å²) in [5.41, 5.74) is 0. The number of hydrogen-bond donors (Lipinski definition) is 0. The summed E-state index contributed by atoms with van der Waals surface area (Å²) in [5, 5.41) is 0. The lowest BCUT2D eigenvalue weighted by molar-refractivity contribution is 0.203. The Morgan fingerprint density at radius 2 is 1.20 bits per heavy atom. The zero-order valence-corrected chi connectivity index (χ0v) is 19.9. The van der Waals surface area contributed by atoms with E-state index in [1.807, 2.05) is 0 Å². The van der Waals surface area contributed by atoms with Crippen LogP contribution in [0.1, 0.15) is 78.1 Å². The van der Waals surface area contributed by atoms with Gasteiger partial charge in [-0.15, -0.1) is 0 Å². The lowest BCUT2D eigenvalue weighted by Crippen LogP contribution is -2.48. The molecule has 3 nitrogen and oxygen atoms in total. The Balaban J connectivity index is 3.82. The van der Waals surface area contributed by atoms with E-state index in [2.05, 4.69) is 52.2 Å². The zero-order chi connectivity index (χ0) is 19.0. The standard InChI is InChI=1S/C20H44O3Si2/c1-7-9-11-12-13-14-15-16-18-20-22-25(5,6)23-24(3,4)21-19-17-10-8-2/h16,18H,7-15,17,19-20H2,1-6H3/b18-16+. The van der Waals surface area contributed by atoms with Crippen molar-refractivity contribution in [1.29, 1.82) is 0 Å². The van der Waals surface area contributed by atoms with Gasteiger partial charge in [0.1, 0.15) is 0 Å². The van der Waals surface area contributed by atoms with Crippen LogP contribution in [0.3, 0.4) is 0 Å². The molecule has 0 aromatic rings. The second kappa shape index (κ2) is 15.1. The van der Waals surface area contributed by atoms with Crippen molar-refractivity contribution in [2.45, 2.75) is 104 Å². The molecule has 0 fully saturated rings. The predicted octanol–water partition coefficient (Wildman–Crippen LogP) is 6.94. The fraction of sp³-hybridized carbons (Fsp3) is 0.900. The molecule has 0 spiro atoms. The SMILES string of the molecule is CCCCCCCC/C=C/CO[Si](C)(C)O[Si](C)(C)OCCCCC. The van der Waals surface area contributed by atoms with E-state index in [1.54, 1.807) is 0 Å². The maximum Gasteiger partial charge on any atom is 0.323 e. The second-order valence-corrected chi connectivity index (χ2v) is 14.8. The van der Waals surface area contributed by atoms with Gasteiger partial charge >= 0.3 is 17.1 Å². The minimum atomic E-state index is -2.11. The molecule has 0 atom stereocenters. The second-order valence-electron chi connectivity index (χ2n) is 7.80. The van der Waals surface area contributed by atoms with Crippen molar-refractivity contribution >= 4 is 17.1 Å². The topological polar surface area (TPSA) is 27.7 Å². The summed E-state index contributed by atoms with van der Waals surface area (Å²) in [4.78, 5) is 0. The Labute approximate surface area is 160 Å². The summed E-state index contributed by atoms with van der Waals surface area (Å²) >= 11 is 0. The van der Waals surface area contributed by atoms with Crippen molar-refractivity contribution in [3.05, 3.63) is 12.2 Å². The minimum Gasteiger partial charge on any atom is -0.415 e. The molecule has 0 aromatic heterocycles. The molecule has 0 saturated heterocycles. The van der Waals surface area contributed by atoms with E-state index in [-0.39, 0.29) is 0 Å². The first-order valence-electron chi connectivity index (χ1n) is 10.5. The molecular formula is C20H44O3Si2. The summed E-state index contributed by atoms with van der Waals surface area (Å²) in [6.45, 7) is 14.5. The third kappa shape index (κ3) is 17.2. The molecular weight excluding hydrogens is 344 g/mol. The van der Waals surface area contributed by atoms with Crippen molar-refractivity contribution in [1.82, 2.24) is 0 Å². The molecule has 0 aromatic carbocycles. The predicted molar refractivity (Wildman–Crippen MR) is 115 cm³/mol. The Bertz CT molecular complexity index is 331. The van der Waals surface area contributed by atoms with Gasteiger partial charge in [0.25, 0.3) is 0 Å². The molecule has 0 rings (SSSR count).